The zero-order chi connectivity index (χ0) is 16.2. The molecule has 116 valence electrons. The van der Waals surface area contributed by atoms with E-state index in [1.807, 2.05) is 6.07 Å². The van der Waals surface area contributed by atoms with E-state index in [-0.39, 0.29) is 12.1 Å². The fraction of sp³-hybridized carbons (Fsp3) is 0.0625. The van der Waals surface area contributed by atoms with Crippen molar-refractivity contribution in [3.8, 4) is 0 Å². The number of carbonyl (C=O) groups excluding carboxylic acids is 2. The Morgan fingerprint density at radius 3 is 2.83 bits per heavy atom. The average Bonchev–Trinajstić information content (AvgIpc) is 3.02. The van der Waals surface area contributed by atoms with Crippen LogP contribution in [0, 0.1) is 5.82 Å². The number of halogens is 1. The van der Waals surface area contributed by atoms with Gasteiger partial charge in [0, 0.05) is 10.9 Å². The number of rotatable bonds is 4. The van der Waals surface area contributed by atoms with Gasteiger partial charge in [-0.3, -0.25) is 14.7 Å². The van der Waals surface area contributed by atoms with E-state index in [2.05, 4.69) is 20.8 Å². The van der Waals surface area contributed by atoms with Gasteiger partial charge in [0.15, 0.2) is 0 Å². The van der Waals surface area contributed by atoms with E-state index in [0.717, 1.165) is 11.5 Å². The lowest BCUT2D eigenvalue weighted by Crippen LogP contribution is -2.32. The average molecular weight is 312 g/mol. The molecule has 0 saturated heterocycles. The minimum Gasteiger partial charge on any atom is -0.343 e. The zero-order valence-electron chi connectivity index (χ0n) is 12.0. The van der Waals surface area contributed by atoms with Crippen LogP contribution >= 0.6 is 0 Å². The topological polar surface area (TPSA) is 86.9 Å². The molecule has 23 heavy (non-hydrogen) atoms. The van der Waals surface area contributed by atoms with E-state index in [1.54, 1.807) is 18.3 Å². The molecule has 3 aromatic rings. The number of aromatic nitrogens is 2. The van der Waals surface area contributed by atoms with E-state index < -0.39 is 17.6 Å². The monoisotopic (exact) mass is 312 g/mol. The number of benzene rings is 2. The second kappa shape index (κ2) is 6.27. The van der Waals surface area contributed by atoms with Crippen LogP contribution in [0.2, 0.25) is 0 Å². The first-order chi connectivity index (χ1) is 11.1. The molecule has 7 heteroatoms. The highest BCUT2D eigenvalue weighted by molar-refractivity contribution is 6.03. The van der Waals surface area contributed by atoms with Crippen molar-refractivity contribution in [3.05, 3.63) is 60.0 Å². The number of fused-ring (bicyclic) bond motifs is 1. The Labute approximate surface area is 130 Å². The molecule has 0 aliphatic rings. The third kappa shape index (κ3) is 3.34. The zero-order valence-corrected chi connectivity index (χ0v) is 12.0. The van der Waals surface area contributed by atoms with Crippen LogP contribution < -0.4 is 10.6 Å². The number of nitrogens with one attached hydrogen (secondary N) is 3. The van der Waals surface area contributed by atoms with Gasteiger partial charge >= 0.3 is 0 Å². The lowest BCUT2D eigenvalue weighted by atomic mass is 10.2. The number of carbonyl (C=O) groups is 2. The van der Waals surface area contributed by atoms with E-state index in [0.29, 0.717) is 11.2 Å². The van der Waals surface area contributed by atoms with Crippen molar-refractivity contribution in [2.24, 2.45) is 0 Å². The molecule has 6 nitrogen and oxygen atoms in total. The van der Waals surface area contributed by atoms with Crippen LogP contribution in [0.15, 0.2) is 48.7 Å². The summed E-state index contributed by atoms with van der Waals surface area (Å²) in [6, 6.07) is 10.6. The molecule has 2 aromatic carbocycles. The lowest BCUT2D eigenvalue weighted by Gasteiger charge is -2.08. The number of para-hydroxylation sites is 1. The lowest BCUT2D eigenvalue weighted by molar-refractivity contribution is -0.115. The van der Waals surface area contributed by atoms with Gasteiger partial charge in [-0.1, -0.05) is 18.2 Å². The summed E-state index contributed by atoms with van der Waals surface area (Å²) in [6.07, 6.45) is 1.65. The number of anilines is 1. The molecule has 0 saturated carbocycles. The largest absolute Gasteiger partial charge is 0.343 e. The second-order valence-corrected chi connectivity index (χ2v) is 4.88. The van der Waals surface area contributed by atoms with Gasteiger partial charge in [0.2, 0.25) is 5.91 Å². The normalized spacial score (nSPS) is 10.5. The summed E-state index contributed by atoms with van der Waals surface area (Å²) in [6.45, 7) is -0.222. The van der Waals surface area contributed by atoms with Crippen LogP contribution in [0.1, 0.15) is 10.4 Å². The van der Waals surface area contributed by atoms with Gasteiger partial charge in [-0.25, -0.2) is 4.39 Å². The highest BCUT2D eigenvalue weighted by atomic mass is 19.1. The third-order valence-corrected chi connectivity index (χ3v) is 3.25. The molecular formula is C16H13FN4O2. The molecule has 0 spiro atoms. The first-order valence-corrected chi connectivity index (χ1v) is 6.89. The van der Waals surface area contributed by atoms with Gasteiger partial charge < -0.3 is 10.6 Å². The molecule has 2 amide bonds. The van der Waals surface area contributed by atoms with Crippen LogP contribution in [0.4, 0.5) is 10.1 Å². The Bertz CT molecular complexity index is 875. The minimum absolute atomic E-state index is 0.161. The highest BCUT2D eigenvalue weighted by Crippen LogP contribution is 2.20. The molecule has 3 N–H and O–H groups in total. The van der Waals surface area contributed by atoms with Crippen LogP contribution in [0.25, 0.3) is 10.9 Å². The van der Waals surface area contributed by atoms with Crippen molar-refractivity contribution in [3.63, 3.8) is 0 Å². The quantitative estimate of drug-likeness (QED) is 0.689. The van der Waals surface area contributed by atoms with E-state index in [1.165, 1.54) is 18.2 Å². The predicted molar refractivity (Wildman–Crippen MR) is 83.5 cm³/mol. The van der Waals surface area contributed by atoms with Gasteiger partial charge in [-0.15, -0.1) is 0 Å². The summed E-state index contributed by atoms with van der Waals surface area (Å²) in [7, 11) is 0. The Morgan fingerprint density at radius 1 is 1.17 bits per heavy atom. The molecule has 1 aromatic heterocycles. The smallest absolute Gasteiger partial charge is 0.251 e. The first-order valence-electron chi connectivity index (χ1n) is 6.89. The maximum Gasteiger partial charge on any atom is 0.251 e. The Hall–Kier alpha value is -3.22. The van der Waals surface area contributed by atoms with Gasteiger partial charge in [-0.05, 0) is 24.3 Å². The summed E-state index contributed by atoms with van der Waals surface area (Å²) in [4.78, 5) is 23.8. The fourth-order valence-corrected chi connectivity index (χ4v) is 2.16. The van der Waals surface area contributed by atoms with E-state index >= 15 is 0 Å². The van der Waals surface area contributed by atoms with Crippen molar-refractivity contribution in [1.29, 1.82) is 0 Å². The number of amides is 2. The minimum atomic E-state index is -0.514. The summed E-state index contributed by atoms with van der Waals surface area (Å²) in [5, 5.41) is 12.7. The fourth-order valence-electron chi connectivity index (χ4n) is 2.16. The van der Waals surface area contributed by atoms with Gasteiger partial charge in [0.05, 0.1) is 23.9 Å². The molecule has 0 aliphatic carbocycles. The number of nitrogens with zero attached hydrogens (tertiary/aromatic N) is 1. The number of hydrogen-bond acceptors (Lipinski definition) is 3. The van der Waals surface area contributed by atoms with Crippen molar-refractivity contribution in [1.82, 2.24) is 15.5 Å². The number of H-pyrrole nitrogens is 1. The van der Waals surface area contributed by atoms with Crippen LogP contribution in [-0.2, 0) is 4.79 Å². The molecule has 0 radical (unpaired) electrons. The highest BCUT2D eigenvalue weighted by Gasteiger charge is 2.10. The predicted octanol–water partition coefficient (Wildman–Crippen LogP) is 2.07. The SMILES string of the molecule is O=C(CNC(=O)c1cccc(F)c1)Nc1cccc2cn[nH]c12. The van der Waals surface area contributed by atoms with Crippen LogP contribution in [-0.4, -0.2) is 28.6 Å². The van der Waals surface area contributed by atoms with Crippen molar-refractivity contribution in [2.45, 2.75) is 0 Å². The number of hydrogen-bond donors (Lipinski definition) is 3. The van der Waals surface area contributed by atoms with Crippen LogP contribution in [0.5, 0.6) is 0 Å². The standard InChI is InChI=1S/C16H13FN4O2/c17-12-5-1-3-10(7-12)16(23)18-9-14(22)20-13-6-2-4-11-8-19-21-15(11)13/h1-8H,9H2,(H,18,23)(H,19,21)(H,20,22). The van der Waals surface area contributed by atoms with Gasteiger partial charge in [0.25, 0.3) is 5.91 Å². The molecule has 1 heterocycles. The molecular weight excluding hydrogens is 299 g/mol. The van der Waals surface area contributed by atoms with Crippen molar-refractivity contribution < 1.29 is 14.0 Å². The molecule has 0 fully saturated rings. The maximum absolute atomic E-state index is 13.1. The summed E-state index contributed by atoms with van der Waals surface area (Å²) >= 11 is 0. The maximum atomic E-state index is 13.1. The molecule has 0 unspecified atom stereocenters. The van der Waals surface area contributed by atoms with Gasteiger partial charge in [-0.2, -0.15) is 5.10 Å². The Kier molecular flexibility index (Phi) is 4.01. The summed E-state index contributed by atoms with van der Waals surface area (Å²) < 4.78 is 13.1. The summed E-state index contributed by atoms with van der Waals surface area (Å²) in [5.41, 5.74) is 1.44. The van der Waals surface area contributed by atoms with Gasteiger partial charge in [0.1, 0.15) is 5.82 Å². The second-order valence-electron chi connectivity index (χ2n) is 4.88. The molecule has 0 atom stereocenters. The van der Waals surface area contributed by atoms with E-state index in [9.17, 15) is 14.0 Å². The van der Waals surface area contributed by atoms with Crippen molar-refractivity contribution >= 4 is 28.4 Å². The summed E-state index contributed by atoms with van der Waals surface area (Å²) in [5.74, 6) is -1.41. The van der Waals surface area contributed by atoms with Crippen LogP contribution in [0.3, 0.4) is 0 Å². The first kappa shape index (κ1) is 14.7. The van der Waals surface area contributed by atoms with Crippen molar-refractivity contribution in [2.75, 3.05) is 11.9 Å². The number of aromatic amines is 1. The Morgan fingerprint density at radius 2 is 2.00 bits per heavy atom. The Balaban J connectivity index is 1.62. The molecule has 0 bridgehead atoms. The molecule has 0 aliphatic heterocycles. The third-order valence-electron chi connectivity index (χ3n) is 3.25. The van der Waals surface area contributed by atoms with E-state index in [4.69, 9.17) is 0 Å². The molecule has 3 rings (SSSR count).